The van der Waals surface area contributed by atoms with Crippen molar-refractivity contribution in [1.82, 2.24) is 0 Å². The standard InChI is InChI=1S/C16H12F20O4/c1-6(2-37-4-9(19,20)7(17)39-15(33,34)11(23,24)13(27,28)29)3-38-5-10(21,22)8(18)40-16(35,36)12(25,26)14(30,31)32/h7-8H,1-5H2. The fourth-order valence-corrected chi connectivity index (χ4v) is 1.75. The molecule has 0 amide bonds. The molecule has 0 radical (unpaired) electrons. The summed E-state index contributed by atoms with van der Waals surface area (Å²) in [5, 5.41) is 0. The van der Waals surface area contributed by atoms with Crippen molar-refractivity contribution in [3.8, 4) is 0 Å². The minimum absolute atomic E-state index is 0.804. The van der Waals surface area contributed by atoms with Gasteiger partial charge in [-0.25, -0.2) is 8.78 Å². The lowest BCUT2D eigenvalue weighted by atomic mass is 10.3. The van der Waals surface area contributed by atoms with Gasteiger partial charge in [0, 0.05) is 0 Å². The molecule has 4 nitrogen and oxygen atoms in total. The van der Waals surface area contributed by atoms with E-state index in [1.165, 1.54) is 0 Å². The van der Waals surface area contributed by atoms with Crippen molar-refractivity contribution in [2.45, 2.75) is 61.0 Å². The molecule has 0 saturated heterocycles. The van der Waals surface area contributed by atoms with E-state index in [2.05, 4.69) is 25.5 Å². The van der Waals surface area contributed by atoms with E-state index in [9.17, 15) is 87.8 Å². The number of rotatable bonds is 16. The first-order chi connectivity index (χ1) is 17.4. The highest BCUT2D eigenvalue weighted by atomic mass is 19.4. The van der Waals surface area contributed by atoms with Gasteiger partial charge in [-0.1, -0.05) is 6.58 Å². The van der Waals surface area contributed by atoms with Crippen molar-refractivity contribution < 1.29 is 107 Å². The minimum Gasteiger partial charge on any atom is -0.371 e. The van der Waals surface area contributed by atoms with Gasteiger partial charge in [0.15, 0.2) is 0 Å². The molecule has 0 aromatic heterocycles. The molecular formula is C16H12F20O4. The van der Waals surface area contributed by atoms with Crippen LogP contribution in [0.1, 0.15) is 0 Å². The van der Waals surface area contributed by atoms with Crippen LogP contribution < -0.4 is 0 Å². The summed E-state index contributed by atoms with van der Waals surface area (Å²) in [4.78, 5) is 0. The van der Waals surface area contributed by atoms with Crippen LogP contribution in [0.2, 0.25) is 0 Å². The lowest BCUT2D eigenvalue weighted by Crippen LogP contribution is -2.56. The van der Waals surface area contributed by atoms with E-state index in [1.807, 2.05) is 0 Å². The minimum atomic E-state index is -7.13. The summed E-state index contributed by atoms with van der Waals surface area (Å²) in [6, 6.07) is 0. The van der Waals surface area contributed by atoms with Crippen LogP contribution >= 0.6 is 0 Å². The Bertz CT molecular complexity index is 769. The van der Waals surface area contributed by atoms with E-state index in [0.29, 0.717) is 0 Å². The van der Waals surface area contributed by atoms with Crippen molar-refractivity contribution >= 4 is 0 Å². The summed E-state index contributed by atoms with van der Waals surface area (Å²) >= 11 is 0. The van der Waals surface area contributed by atoms with Crippen LogP contribution in [0.15, 0.2) is 12.2 Å². The third kappa shape index (κ3) is 9.09. The Morgan fingerprint density at radius 1 is 0.500 bits per heavy atom. The molecule has 240 valence electrons. The second kappa shape index (κ2) is 12.2. The van der Waals surface area contributed by atoms with Crippen LogP contribution in [-0.4, -0.2) is 87.4 Å². The van der Waals surface area contributed by atoms with Crippen LogP contribution in [0.3, 0.4) is 0 Å². The molecule has 2 atom stereocenters. The molecule has 0 aliphatic rings. The van der Waals surface area contributed by atoms with Gasteiger partial charge < -0.3 is 9.47 Å². The second-order valence-electron chi connectivity index (χ2n) is 7.30. The van der Waals surface area contributed by atoms with Crippen LogP contribution in [-0.2, 0) is 18.9 Å². The van der Waals surface area contributed by atoms with Gasteiger partial charge in [0.2, 0.25) is 0 Å². The maximum atomic E-state index is 13.4. The predicted octanol–water partition coefficient (Wildman–Crippen LogP) is 7.05. The largest absolute Gasteiger partial charge is 0.462 e. The molecule has 0 rings (SSSR count). The Labute approximate surface area is 207 Å². The first-order valence-electron chi connectivity index (χ1n) is 9.22. The quantitative estimate of drug-likeness (QED) is 0.133. The van der Waals surface area contributed by atoms with E-state index >= 15 is 0 Å². The lowest BCUT2D eigenvalue weighted by Gasteiger charge is -2.30. The van der Waals surface area contributed by atoms with Crippen molar-refractivity contribution in [1.29, 1.82) is 0 Å². The molecule has 0 heterocycles. The topological polar surface area (TPSA) is 36.9 Å². The van der Waals surface area contributed by atoms with Crippen molar-refractivity contribution in [3.63, 3.8) is 0 Å². The van der Waals surface area contributed by atoms with Gasteiger partial charge in [0.25, 0.3) is 12.7 Å². The number of ether oxygens (including phenoxy) is 4. The lowest BCUT2D eigenvalue weighted by molar-refractivity contribution is -0.451. The molecule has 40 heavy (non-hydrogen) atoms. The van der Waals surface area contributed by atoms with E-state index in [0.717, 1.165) is 0 Å². The molecular weight excluding hydrogens is 636 g/mol. The Balaban J connectivity index is 4.87. The molecule has 0 saturated carbocycles. The highest BCUT2D eigenvalue weighted by molar-refractivity contribution is 4.95. The zero-order valence-electron chi connectivity index (χ0n) is 18.4. The van der Waals surface area contributed by atoms with E-state index in [1.54, 1.807) is 0 Å². The van der Waals surface area contributed by atoms with Crippen LogP contribution in [0.5, 0.6) is 0 Å². The first-order valence-corrected chi connectivity index (χ1v) is 9.22. The molecule has 0 fully saturated rings. The highest BCUT2D eigenvalue weighted by Crippen LogP contribution is 2.49. The summed E-state index contributed by atoms with van der Waals surface area (Å²) in [5.41, 5.74) is -0.804. The molecule has 24 heteroatoms. The third-order valence-corrected chi connectivity index (χ3v) is 3.81. The van der Waals surface area contributed by atoms with Gasteiger partial charge in [-0.3, -0.25) is 9.47 Å². The molecule has 0 spiro atoms. The average Bonchev–Trinajstić information content (AvgIpc) is 2.70. The fraction of sp³-hybridized carbons (Fsp3) is 0.875. The molecule has 0 aliphatic carbocycles. The van der Waals surface area contributed by atoms with Crippen molar-refractivity contribution in [2.24, 2.45) is 0 Å². The Kier molecular flexibility index (Phi) is 11.6. The van der Waals surface area contributed by atoms with Gasteiger partial charge in [-0.2, -0.15) is 79.0 Å². The van der Waals surface area contributed by atoms with Gasteiger partial charge >= 0.3 is 48.3 Å². The number of hydrogen-bond acceptors (Lipinski definition) is 4. The maximum Gasteiger partial charge on any atom is 0.462 e. The van der Waals surface area contributed by atoms with Crippen molar-refractivity contribution in [2.75, 3.05) is 26.4 Å². The molecule has 0 aliphatic heterocycles. The smallest absolute Gasteiger partial charge is 0.371 e. The Hall–Kier alpha value is -1.82. The molecule has 0 aromatic carbocycles. The van der Waals surface area contributed by atoms with E-state index < -0.39 is 93.0 Å². The maximum absolute atomic E-state index is 13.4. The molecule has 0 N–H and O–H groups in total. The Morgan fingerprint density at radius 2 is 0.750 bits per heavy atom. The average molecular weight is 648 g/mol. The summed E-state index contributed by atoms with van der Waals surface area (Å²) < 4.78 is 265. The van der Waals surface area contributed by atoms with E-state index in [-0.39, 0.29) is 0 Å². The van der Waals surface area contributed by atoms with Gasteiger partial charge in [-0.05, 0) is 5.57 Å². The zero-order chi connectivity index (χ0) is 32.4. The van der Waals surface area contributed by atoms with Gasteiger partial charge in [0.1, 0.15) is 13.2 Å². The summed E-state index contributed by atoms with van der Waals surface area (Å²) in [7, 11) is 0. The van der Waals surface area contributed by atoms with Crippen molar-refractivity contribution in [3.05, 3.63) is 12.2 Å². The van der Waals surface area contributed by atoms with Gasteiger partial charge in [0.05, 0.1) is 13.2 Å². The summed E-state index contributed by atoms with van der Waals surface area (Å²) in [5.74, 6) is -25.0. The molecule has 0 bridgehead atoms. The Morgan fingerprint density at radius 3 is 0.975 bits per heavy atom. The normalized spacial score (nSPS) is 16.7. The molecule has 0 aromatic rings. The second-order valence-corrected chi connectivity index (χ2v) is 7.30. The van der Waals surface area contributed by atoms with Crippen LogP contribution in [0, 0.1) is 0 Å². The predicted molar refractivity (Wildman–Crippen MR) is 84.5 cm³/mol. The monoisotopic (exact) mass is 648 g/mol. The van der Waals surface area contributed by atoms with E-state index in [4.69, 9.17) is 0 Å². The fourth-order valence-electron chi connectivity index (χ4n) is 1.75. The zero-order valence-corrected chi connectivity index (χ0v) is 18.4. The van der Waals surface area contributed by atoms with Crippen LogP contribution in [0.25, 0.3) is 0 Å². The molecule has 2 unspecified atom stereocenters. The highest BCUT2D eigenvalue weighted by Gasteiger charge is 2.77. The summed E-state index contributed by atoms with van der Waals surface area (Å²) in [6.07, 6.45) is -37.5. The summed E-state index contributed by atoms with van der Waals surface area (Å²) in [6.45, 7) is -4.75. The first kappa shape index (κ1) is 38.2. The number of hydrogen-bond donors (Lipinski definition) is 0. The third-order valence-electron chi connectivity index (χ3n) is 3.81. The van der Waals surface area contributed by atoms with Gasteiger partial charge in [-0.15, -0.1) is 0 Å². The SMILES string of the molecule is C=C(COCC(F)(F)C(F)OC(F)(F)C(F)(F)C(F)(F)F)COCC(F)(F)C(F)OC(F)(F)C(F)(F)C(F)(F)F. The van der Waals surface area contributed by atoms with Crippen LogP contribution in [0.4, 0.5) is 87.8 Å². The number of alkyl halides is 20. The number of halogens is 20.